The number of nitrogens with two attached hydrogens (primary N) is 1. The molecule has 6 nitrogen and oxygen atoms in total. The predicted molar refractivity (Wildman–Crippen MR) is 116 cm³/mol. The van der Waals surface area contributed by atoms with Crippen molar-refractivity contribution >= 4 is 5.91 Å². The van der Waals surface area contributed by atoms with Gasteiger partial charge in [-0.25, -0.2) is 0 Å². The molecular formula is C24H26N4O2. The Morgan fingerprint density at radius 2 is 1.97 bits per heavy atom. The van der Waals surface area contributed by atoms with E-state index in [1.54, 1.807) is 31.6 Å². The molecule has 6 heteroatoms. The second kappa shape index (κ2) is 9.05. The van der Waals surface area contributed by atoms with E-state index in [0.717, 1.165) is 55.2 Å². The Bertz CT molecular complexity index is 1020. The third kappa shape index (κ3) is 4.49. The van der Waals surface area contributed by atoms with Gasteiger partial charge in [0.1, 0.15) is 5.75 Å². The average molecular weight is 402 g/mol. The quantitative estimate of drug-likeness (QED) is 0.681. The van der Waals surface area contributed by atoms with E-state index in [0.29, 0.717) is 5.56 Å². The van der Waals surface area contributed by atoms with E-state index >= 15 is 0 Å². The van der Waals surface area contributed by atoms with Crippen molar-refractivity contribution in [3.05, 3.63) is 77.7 Å². The summed E-state index contributed by atoms with van der Waals surface area (Å²) in [7, 11) is 1.68. The molecule has 0 unspecified atom stereocenters. The van der Waals surface area contributed by atoms with Crippen molar-refractivity contribution in [1.29, 1.82) is 0 Å². The summed E-state index contributed by atoms with van der Waals surface area (Å²) in [6.45, 7) is 2.88. The lowest BCUT2D eigenvalue weighted by atomic mass is 9.91. The average Bonchev–Trinajstić information content (AvgIpc) is 2.80. The van der Waals surface area contributed by atoms with Crippen LogP contribution in [0.2, 0.25) is 0 Å². The van der Waals surface area contributed by atoms with Crippen LogP contribution in [-0.2, 0) is 6.54 Å². The zero-order chi connectivity index (χ0) is 20.9. The number of methoxy groups -OCH3 is 1. The Kier molecular flexibility index (Phi) is 6.05. The fourth-order valence-electron chi connectivity index (χ4n) is 4.10. The SMILES string of the molecule is COc1ccc(CN2CCC[C@H](c3nccnc3-c3cccc(C(N)=O)c3)C2)cc1. The van der Waals surface area contributed by atoms with Gasteiger partial charge in [-0.15, -0.1) is 0 Å². The first kappa shape index (κ1) is 20.0. The molecule has 1 aliphatic rings. The van der Waals surface area contributed by atoms with Crippen molar-refractivity contribution < 1.29 is 9.53 Å². The van der Waals surface area contributed by atoms with Gasteiger partial charge in [-0.3, -0.25) is 19.7 Å². The number of benzene rings is 2. The van der Waals surface area contributed by atoms with E-state index in [4.69, 9.17) is 15.5 Å². The van der Waals surface area contributed by atoms with Gasteiger partial charge in [0.15, 0.2) is 0 Å². The van der Waals surface area contributed by atoms with Crippen molar-refractivity contribution in [2.75, 3.05) is 20.2 Å². The van der Waals surface area contributed by atoms with E-state index in [9.17, 15) is 4.79 Å². The summed E-state index contributed by atoms with van der Waals surface area (Å²) in [4.78, 5) is 23.4. The van der Waals surface area contributed by atoms with Crippen molar-refractivity contribution in [2.24, 2.45) is 5.73 Å². The lowest BCUT2D eigenvalue weighted by Crippen LogP contribution is -2.34. The van der Waals surface area contributed by atoms with Gasteiger partial charge in [0.2, 0.25) is 5.91 Å². The maximum Gasteiger partial charge on any atom is 0.248 e. The Balaban J connectivity index is 1.55. The number of primary amides is 1. The maximum absolute atomic E-state index is 11.6. The maximum atomic E-state index is 11.6. The van der Waals surface area contributed by atoms with E-state index in [1.165, 1.54) is 5.56 Å². The second-order valence-corrected chi connectivity index (χ2v) is 7.66. The number of ether oxygens (including phenoxy) is 1. The highest BCUT2D eigenvalue weighted by Gasteiger charge is 2.25. The molecule has 30 heavy (non-hydrogen) atoms. The van der Waals surface area contributed by atoms with Crippen LogP contribution in [0.25, 0.3) is 11.3 Å². The first-order valence-corrected chi connectivity index (χ1v) is 10.2. The van der Waals surface area contributed by atoms with Crippen LogP contribution in [0, 0.1) is 0 Å². The molecule has 0 spiro atoms. The Morgan fingerprint density at radius 1 is 1.17 bits per heavy atom. The third-order valence-corrected chi connectivity index (χ3v) is 5.60. The van der Waals surface area contributed by atoms with Gasteiger partial charge in [-0.05, 0) is 49.2 Å². The van der Waals surface area contributed by atoms with Crippen LogP contribution in [0.5, 0.6) is 5.75 Å². The zero-order valence-corrected chi connectivity index (χ0v) is 17.1. The van der Waals surface area contributed by atoms with Gasteiger partial charge in [0.05, 0.1) is 18.5 Å². The van der Waals surface area contributed by atoms with E-state index in [2.05, 4.69) is 22.0 Å². The first-order valence-electron chi connectivity index (χ1n) is 10.2. The Labute approximate surface area is 176 Å². The summed E-state index contributed by atoms with van der Waals surface area (Å²) in [5.41, 5.74) is 9.90. The highest BCUT2D eigenvalue weighted by Crippen LogP contribution is 2.32. The highest BCUT2D eigenvalue weighted by atomic mass is 16.5. The van der Waals surface area contributed by atoms with Crippen LogP contribution >= 0.6 is 0 Å². The number of likely N-dealkylation sites (tertiary alicyclic amines) is 1. The van der Waals surface area contributed by atoms with Gasteiger partial charge in [0.25, 0.3) is 0 Å². The highest BCUT2D eigenvalue weighted by molar-refractivity contribution is 5.94. The molecule has 0 aliphatic carbocycles. The minimum Gasteiger partial charge on any atom is -0.497 e. The molecule has 0 bridgehead atoms. The van der Waals surface area contributed by atoms with E-state index < -0.39 is 5.91 Å². The molecule has 3 aromatic rings. The number of carbonyl (C=O) groups excluding carboxylic acids is 1. The molecule has 1 aliphatic heterocycles. The first-order chi connectivity index (χ1) is 14.6. The third-order valence-electron chi connectivity index (χ3n) is 5.60. The second-order valence-electron chi connectivity index (χ2n) is 7.66. The Morgan fingerprint density at radius 3 is 2.73 bits per heavy atom. The summed E-state index contributed by atoms with van der Waals surface area (Å²) in [5.74, 6) is 0.723. The number of hydrogen-bond acceptors (Lipinski definition) is 5. The lowest BCUT2D eigenvalue weighted by molar-refractivity contribution is 0.100. The number of piperidine rings is 1. The standard InChI is InChI=1S/C24H26N4O2/c1-30-21-9-7-17(8-10-21)15-28-13-3-6-20(16-28)23-22(26-11-12-27-23)18-4-2-5-19(14-18)24(25)29/h2,4-5,7-12,14,20H,3,6,13,15-16H2,1H3,(H2,25,29)/t20-/m0/s1. The summed E-state index contributed by atoms with van der Waals surface area (Å²) in [6.07, 6.45) is 5.63. The van der Waals surface area contributed by atoms with E-state index in [-0.39, 0.29) is 5.92 Å². The molecule has 0 saturated carbocycles. The van der Waals surface area contributed by atoms with Crippen molar-refractivity contribution in [3.8, 4) is 17.0 Å². The van der Waals surface area contributed by atoms with Gasteiger partial charge in [-0.2, -0.15) is 0 Å². The lowest BCUT2D eigenvalue weighted by Gasteiger charge is -2.33. The summed E-state index contributed by atoms with van der Waals surface area (Å²) >= 11 is 0. The molecule has 4 rings (SSSR count). The van der Waals surface area contributed by atoms with E-state index in [1.807, 2.05) is 24.3 Å². The molecular weight excluding hydrogens is 376 g/mol. The van der Waals surface area contributed by atoms with Crippen molar-refractivity contribution in [3.63, 3.8) is 0 Å². The minimum atomic E-state index is -0.439. The topological polar surface area (TPSA) is 81.3 Å². The van der Waals surface area contributed by atoms with Crippen LogP contribution in [0.3, 0.4) is 0 Å². The van der Waals surface area contributed by atoms with Gasteiger partial charge >= 0.3 is 0 Å². The molecule has 1 fully saturated rings. The number of amides is 1. The largest absolute Gasteiger partial charge is 0.497 e. The molecule has 1 saturated heterocycles. The summed E-state index contributed by atoms with van der Waals surface area (Å²) < 4.78 is 5.25. The minimum absolute atomic E-state index is 0.290. The summed E-state index contributed by atoms with van der Waals surface area (Å²) in [6, 6.07) is 15.6. The predicted octanol–water partition coefficient (Wildman–Crippen LogP) is 3.63. The van der Waals surface area contributed by atoms with Crippen LogP contribution in [0.15, 0.2) is 60.9 Å². The number of carbonyl (C=O) groups is 1. The number of rotatable bonds is 6. The van der Waals surface area contributed by atoms with Gasteiger partial charge < -0.3 is 10.5 Å². The van der Waals surface area contributed by atoms with Crippen LogP contribution in [0.1, 0.15) is 40.4 Å². The molecule has 1 aromatic heterocycles. The molecule has 0 radical (unpaired) electrons. The zero-order valence-electron chi connectivity index (χ0n) is 17.1. The normalized spacial score (nSPS) is 16.9. The summed E-state index contributed by atoms with van der Waals surface area (Å²) in [5, 5.41) is 0. The smallest absolute Gasteiger partial charge is 0.248 e. The molecule has 2 N–H and O–H groups in total. The number of hydrogen-bond donors (Lipinski definition) is 1. The number of nitrogens with zero attached hydrogens (tertiary/aromatic N) is 3. The number of aromatic nitrogens is 2. The molecule has 1 atom stereocenters. The Hall–Kier alpha value is -3.25. The molecule has 1 amide bonds. The van der Waals surface area contributed by atoms with Crippen molar-refractivity contribution in [2.45, 2.75) is 25.3 Å². The molecule has 154 valence electrons. The van der Waals surface area contributed by atoms with Gasteiger partial charge in [-0.1, -0.05) is 24.3 Å². The van der Waals surface area contributed by atoms with Crippen LogP contribution in [0.4, 0.5) is 0 Å². The van der Waals surface area contributed by atoms with Crippen LogP contribution in [-0.4, -0.2) is 41.0 Å². The molecule has 2 heterocycles. The molecule has 2 aromatic carbocycles. The fourth-order valence-corrected chi connectivity index (χ4v) is 4.10. The monoisotopic (exact) mass is 402 g/mol. The van der Waals surface area contributed by atoms with Crippen LogP contribution < -0.4 is 10.5 Å². The van der Waals surface area contributed by atoms with Gasteiger partial charge in [0, 0.05) is 42.5 Å². The van der Waals surface area contributed by atoms with Crippen molar-refractivity contribution in [1.82, 2.24) is 14.9 Å². The fraction of sp³-hybridized carbons (Fsp3) is 0.292.